The first-order valence-corrected chi connectivity index (χ1v) is 11.4. The summed E-state index contributed by atoms with van der Waals surface area (Å²) in [6.45, 7) is 7.17. The number of hydrogen-bond acceptors (Lipinski definition) is 4. The van der Waals surface area contributed by atoms with Crippen LogP contribution in [0.3, 0.4) is 0 Å². The highest BCUT2D eigenvalue weighted by Gasteiger charge is 2.33. The topological polar surface area (TPSA) is 95.0 Å². The minimum Gasteiger partial charge on any atom is -0.465 e. The summed E-state index contributed by atoms with van der Waals surface area (Å²) >= 11 is 0. The Morgan fingerprint density at radius 1 is 1.07 bits per heavy atom. The number of carbonyl (C=O) groups is 2. The molecule has 0 spiro atoms. The molecule has 30 heavy (non-hydrogen) atoms. The normalized spacial score (nSPS) is 16.5. The van der Waals surface area contributed by atoms with Gasteiger partial charge in [-0.25, -0.2) is 13.2 Å². The molecule has 2 aromatic carbocycles. The average molecular weight is 431 g/mol. The second kappa shape index (κ2) is 8.10. The van der Waals surface area contributed by atoms with Crippen molar-refractivity contribution in [3.63, 3.8) is 0 Å². The van der Waals surface area contributed by atoms with Crippen LogP contribution in [0.2, 0.25) is 0 Å². The first kappa shape index (κ1) is 21.8. The van der Waals surface area contributed by atoms with E-state index in [1.54, 1.807) is 41.3 Å². The second-order valence-electron chi connectivity index (χ2n) is 8.03. The maximum Gasteiger partial charge on any atom is 0.411 e. The number of sulfone groups is 1. The smallest absolute Gasteiger partial charge is 0.411 e. The molecular formula is C22H26N2O5S. The Labute approximate surface area is 176 Å². The van der Waals surface area contributed by atoms with E-state index in [0.29, 0.717) is 11.4 Å². The first-order valence-electron chi connectivity index (χ1n) is 9.78. The van der Waals surface area contributed by atoms with Crippen molar-refractivity contribution in [3.8, 4) is 11.1 Å². The van der Waals surface area contributed by atoms with E-state index in [4.69, 9.17) is 0 Å². The summed E-state index contributed by atoms with van der Waals surface area (Å²) in [6.07, 6.45) is -1.08. The van der Waals surface area contributed by atoms with Gasteiger partial charge in [0.05, 0.1) is 28.1 Å². The molecule has 1 heterocycles. The van der Waals surface area contributed by atoms with Crippen molar-refractivity contribution in [1.29, 1.82) is 0 Å². The van der Waals surface area contributed by atoms with E-state index in [1.807, 2.05) is 26.8 Å². The van der Waals surface area contributed by atoms with E-state index in [2.05, 4.69) is 0 Å². The van der Waals surface area contributed by atoms with Crippen LogP contribution in [0.5, 0.6) is 0 Å². The zero-order valence-corrected chi connectivity index (χ0v) is 18.3. The Morgan fingerprint density at radius 3 is 2.20 bits per heavy atom. The molecular weight excluding hydrogens is 404 g/mol. The van der Waals surface area contributed by atoms with Gasteiger partial charge in [-0.05, 0) is 48.2 Å². The molecule has 160 valence electrons. The summed E-state index contributed by atoms with van der Waals surface area (Å²) in [4.78, 5) is 27.0. The molecule has 7 nitrogen and oxygen atoms in total. The van der Waals surface area contributed by atoms with Crippen molar-refractivity contribution < 1.29 is 23.1 Å². The largest absolute Gasteiger partial charge is 0.465 e. The highest BCUT2D eigenvalue weighted by molar-refractivity contribution is 7.91. The molecule has 0 saturated heterocycles. The van der Waals surface area contributed by atoms with Gasteiger partial charge in [0.2, 0.25) is 5.91 Å². The van der Waals surface area contributed by atoms with Gasteiger partial charge >= 0.3 is 6.09 Å². The van der Waals surface area contributed by atoms with Crippen LogP contribution in [0.4, 0.5) is 16.2 Å². The summed E-state index contributed by atoms with van der Waals surface area (Å²) in [5.74, 6) is -0.0390. The van der Waals surface area contributed by atoms with Crippen molar-refractivity contribution in [2.45, 2.75) is 38.6 Å². The van der Waals surface area contributed by atoms with E-state index >= 15 is 0 Å². The highest BCUT2D eigenvalue weighted by Crippen LogP contribution is 2.39. The van der Waals surface area contributed by atoms with Crippen LogP contribution in [-0.2, 0) is 14.6 Å². The predicted molar refractivity (Wildman–Crippen MR) is 117 cm³/mol. The fraction of sp³-hybridized carbons (Fsp3) is 0.364. The lowest BCUT2D eigenvalue weighted by molar-refractivity contribution is -0.117. The summed E-state index contributed by atoms with van der Waals surface area (Å²) in [6, 6.07) is 11.6. The maximum atomic E-state index is 12.4. The van der Waals surface area contributed by atoms with E-state index in [0.717, 1.165) is 11.1 Å². The van der Waals surface area contributed by atoms with E-state index in [9.17, 15) is 23.1 Å². The third-order valence-electron chi connectivity index (χ3n) is 5.08. The van der Waals surface area contributed by atoms with Crippen molar-refractivity contribution in [2.24, 2.45) is 5.92 Å². The Balaban J connectivity index is 2.02. The van der Waals surface area contributed by atoms with Gasteiger partial charge in [-0.1, -0.05) is 32.0 Å². The quantitative estimate of drug-likeness (QED) is 0.790. The van der Waals surface area contributed by atoms with Crippen LogP contribution in [0.1, 0.15) is 27.7 Å². The van der Waals surface area contributed by atoms with Crippen LogP contribution in [0.15, 0.2) is 47.4 Å². The standard InChI is InChI=1S/C22H26N2O5S/c1-14(2)13-30(28,29)19-8-5-17(6-9-19)18-7-10-20-21(11-18)23(22(26)27)12-15(3)24(20)16(4)25/h5-11,14-15H,12-13H2,1-4H3,(H,26,27)/t15-/m0/s1. The number of carboxylic acid groups (broad SMARTS) is 1. The van der Waals surface area contributed by atoms with Gasteiger partial charge in [0.25, 0.3) is 0 Å². The van der Waals surface area contributed by atoms with Crippen LogP contribution in [0, 0.1) is 5.92 Å². The first-order chi connectivity index (χ1) is 14.0. The molecule has 0 aromatic heterocycles. The predicted octanol–water partition coefficient (Wildman–Crippen LogP) is 4.02. The molecule has 2 amide bonds. The lowest BCUT2D eigenvalue weighted by Crippen LogP contribution is -2.51. The number of amides is 2. The second-order valence-corrected chi connectivity index (χ2v) is 10.1. The van der Waals surface area contributed by atoms with Gasteiger partial charge in [-0.15, -0.1) is 0 Å². The Morgan fingerprint density at radius 2 is 1.67 bits per heavy atom. The van der Waals surface area contributed by atoms with Gasteiger partial charge in [0.1, 0.15) is 0 Å². The van der Waals surface area contributed by atoms with Crippen LogP contribution in [0.25, 0.3) is 11.1 Å². The third kappa shape index (κ3) is 4.18. The van der Waals surface area contributed by atoms with Crippen LogP contribution < -0.4 is 9.80 Å². The average Bonchev–Trinajstić information content (AvgIpc) is 2.65. The summed E-state index contributed by atoms with van der Waals surface area (Å²) in [5, 5.41) is 9.64. The van der Waals surface area contributed by atoms with Gasteiger partial charge in [0.15, 0.2) is 9.84 Å². The lowest BCUT2D eigenvalue weighted by Gasteiger charge is -2.39. The molecule has 0 radical (unpaired) electrons. The lowest BCUT2D eigenvalue weighted by atomic mass is 10.0. The molecule has 0 saturated carbocycles. The molecule has 1 N–H and O–H groups in total. The maximum absolute atomic E-state index is 12.4. The Kier molecular flexibility index (Phi) is 5.90. The molecule has 0 bridgehead atoms. The number of carbonyl (C=O) groups excluding carboxylic acids is 1. The summed E-state index contributed by atoms with van der Waals surface area (Å²) in [7, 11) is -3.35. The Hall–Kier alpha value is -2.87. The minimum absolute atomic E-state index is 0.0314. The minimum atomic E-state index is -3.35. The molecule has 1 aliphatic rings. The molecule has 1 aliphatic heterocycles. The SMILES string of the molecule is CC(=O)N1c2ccc(-c3ccc(S(=O)(=O)CC(C)C)cc3)cc2N(C(=O)O)C[C@@H]1C. The van der Waals surface area contributed by atoms with Gasteiger partial charge < -0.3 is 10.0 Å². The third-order valence-corrected chi connectivity index (χ3v) is 7.18. The fourth-order valence-corrected chi connectivity index (χ4v) is 5.48. The number of benzene rings is 2. The van der Waals surface area contributed by atoms with Gasteiger partial charge in [0, 0.05) is 13.5 Å². The van der Waals surface area contributed by atoms with Crippen molar-refractivity contribution in [1.82, 2.24) is 0 Å². The summed E-state index contributed by atoms with van der Waals surface area (Å²) < 4.78 is 24.8. The Bertz CT molecular complexity index is 1080. The summed E-state index contributed by atoms with van der Waals surface area (Å²) in [5.41, 5.74) is 2.49. The van der Waals surface area contributed by atoms with Crippen molar-refractivity contribution in [2.75, 3.05) is 22.1 Å². The zero-order chi connectivity index (χ0) is 22.2. The number of nitrogens with zero attached hydrogens (tertiary/aromatic N) is 2. The highest BCUT2D eigenvalue weighted by atomic mass is 32.2. The van der Waals surface area contributed by atoms with Crippen LogP contribution in [-0.4, -0.2) is 43.9 Å². The molecule has 3 rings (SSSR count). The van der Waals surface area contributed by atoms with E-state index < -0.39 is 15.9 Å². The molecule has 8 heteroatoms. The molecule has 1 atom stereocenters. The van der Waals surface area contributed by atoms with Crippen LogP contribution >= 0.6 is 0 Å². The number of fused-ring (bicyclic) bond motifs is 1. The monoisotopic (exact) mass is 430 g/mol. The zero-order valence-electron chi connectivity index (χ0n) is 17.5. The number of anilines is 2. The fourth-order valence-electron chi connectivity index (χ4n) is 3.86. The molecule has 0 unspecified atom stereocenters. The van der Waals surface area contributed by atoms with Gasteiger partial charge in [-0.3, -0.25) is 9.69 Å². The number of hydrogen-bond donors (Lipinski definition) is 1. The number of rotatable bonds is 4. The van der Waals surface area contributed by atoms with Gasteiger partial charge in [-0.2, -0.15) is 0 Å². The van der Waals surface area contributed by atoms with Crippen molar-refractivity contribution in [3.05, 3.63) is 42.5 Å². The molecule has 2 aromatic rings. The molecule has 0 aliphatic carbocycles. The van der Waals surface area contributed by atoms with Crippen molar-refractivity contribution >= 4 is 33.2 Å². The molecule has 0 fully saturated rings. The van der Waals surface area contributed by atoms with E-state index in [-0.39, 0.29) is 35.1 Å². The van der Waals surface area contributed by atoms with E-state index in [1.165, 1.54) is 11.8 Å².